The number of hydrogen-bond donors (Lipinski definition) is 3. The Hall–Kier alpha value is -2.71. The topological polar surface area (TPSA) is 109 Å². The van der Waals surface area contributed by atoms with Crippen molar-refractivity contribution in [1.82, 2.24) is 19.5 Å². The fraction of sp³-hybridized carbons (Fsp3) is 0.429. The van der Waals surface area contributed by atoms with E-state index in [1.54, 1.807) is 0 Å². The van der Waals surface area contributed by atoms with Gasteiger partial charge in [0.25, 0.3) is 0 Å². The van der Waals surface area contributed by atoms with Gasteiger partial charge in [-0.05, 0) is 55.0 Å². The van der Waals surface area contributed by atoms with E-state index in [4.69, 9.17) is 18.0 Å². The van der Waals surface area contributed by atoms with Crippen molar-refractivity contribution < 1.29 is 26.4 Å². The first kappa shape index (κ1) is 32.2. The molecule has 0 aliphatic carbocycles. The average molecular weight is 644 g/mol. The lowest BCUT2D eigenvalue weighted by Crippen LogP contribution is -2.45. The van der Waals surface area contributed by atoms with Crippen LogP contribution in [0.25, 0.3) is 22.0 Å². The molecular weight excluding hydrogens is 611 g/mol. The van der Waals surface area contributed by atoms with Crippen LogP contribution >= 0.6 is 24.6 Å². The number of alkyl halides is 3. The highest BCUT2D eigenvalue weighted by atomic mass is 35.5. The average Bonchev–Trinajstić information content (AvgIpc) is 3.55. The van der Waals surface area contributed by atoms with Gasteiger partial charge in [-0.15, -0.1) is 12.4 Å². The highest BCUT2D eigenvalue weighted by molar-refractivity contribution is 7.90. The van der Waals surface area contributed by atoms with Crippen LogP contribution in [0.2, 0.25) is 0 Å². The summed E-state index contributed by atoms with van der Waals surface area (Å²) in [5.74, 6) is 0.381. The molecule has 2 fully saturated rings. The van der Waals surface area contributed by atoms with Crippen LogP contribution in [-0.4, -0.2) is 59.4 Å². The molecule has 3 heterocycles. The summed E-state index contributed by atoms with van der Waals surface area (Å²) in [6.07, 6.45) is 3.18. The first-order valence-electron chi connectivity index (χ1n) is 13.5. The number of amides is 1. The van der Waals surface area contributed by atoms with E-state index in [1.165, 1.54) is 0 Å². The zero-order valence-corrected chi connectivity index (χ0v) is 25.3. The maximum atomic E-state index is 13.1. The third-order valence-electron chi connectivity index (χ3n) is 7.94. The fourth-order valence-electron chi connectivity index (χ4n) is 5.71. The summed E-state index contributed by atoms with van der Waals surface area (Å²) >= 11 is 5.16. The number of benzene rings is 2. The number of carbonyl (C=O) groups is 1. The first-order chi connectivity index (χ1) is 19.3. The number of aromatic nitrogens is 1. The molecule has 1 amide bonds. The highest BCUT2D eigenvalue weighted by Crippen LogP contribution is 2.38. The van der Waals surface area contributed by atoms with E-state index in [2.05, 4.69) is 17.6 Å². The van der Waals surface area contributed by atoms with E-state index < -0.39 is 15.5 Å². The quantitative estimate of drug-likeness (QED) is 0.328. The molecule has 2 saturated heterocycles. The number of fused-ring (bicyclic) bond motifs is 1. The zero-order chi connectivity index (χ0) is 29.5. The minimum atomic E-state index is -5.38. The Bertz CT molecular complexity index is 1590. The fourth-order valence-corrected chi connectivity index (χ4v) is 6.82. The van der Waals surface area contributed by atoms with Crippen molar-refractivity contribution in [2.24, 2.45) is 11.7 Å². The van der Waals surface area contributed by atoms with Crippen LogP contribution in [0.5, 0.6) is 0 Å². The number of rotatable bonds is 7. The second-order valence-corrected chi connectivity index (χ2v) is 13.2. The molecule has 5 rings (SSSR count). The van der Waals surface area contributed by atoms with Crippen LogP contribution in [-0.2, 0) is 21.4 Å². The van der Waals surface area contributed by atoms with Gasteiger partial charge in [0.15, 0.2) is 0 Å². The monoisotopic (exact) mass is 643 g/mol. The van der Waals surface area contributed by atoms with Crippen LogP contribution in [0.1, 0.15) is 43.4 Å². The Morgan fingerprint density at radius 2 is 1.88 bits per heavy atom. The number of halogens is 4. The van der Waals surface area contributed by atoms with Crippen molar-refractivity contribution in [3.63, 3.8) is 0 Å². The summed E-state index contributed by atoms with van der Waals surface area (Å²) in [5, 5.41) is 7.15. The van der Waals surface area contributed by atoms with Gasteiger partial charge in [-0.25, -0.2) is 8.42 Å². The Kier molecular flexibility index (Phi) is 9.58. The number of nitrogens with zero attached hydrogens (tertiary/aromatic N) is 2. The lowest BCUT2D eigenvalue weighted by molar-refractivity contribution is -0.123. The third-order valence-corrected chi connectivity index (χ3v) is 9.81. The molecule has 8 nitrogen and oxygen atoms in total. The number of nitrogens with one attached hydrogen (secondary N) is 2. The Labute approximate surface area is 254 Å². The normalized spacial score (nSPS) is 20.4. The predicted octanol–water partition coefficient (Wildman–Crippen LogP) is 4.47. The van der Waals surface area contributed by atoms with E-state index in [-0.39, 0.29) is 61.3 Å². The van der Waals surface area contributed by atoms with Gasteiger partial charge in [-0.2, -0.15) is 17.5 Å². The smallest absolute Gasteiger partial charge is 0.389 e. The van der Waals surface area contributed by atoms with E-state index in [0.717, 1.165) is 40.6 Å². The van der Waals surface area contributed by atoms with Crippen molar-refractivity contribution >= 4 is 56.4 Å². The number of piperidine rings is 1. The van der Waals surface area contributed by atoms with E-state index in [0.29, 0.717) is 22.3 Å². The number of carbonyl (C=O) groups excluding carboxylic acids is 1. The van der Waals surface area contributed by atoms with Gasteiger partial charge in [0.1, 0.15) is 4.99 Å². The molecule has 2 atom stereocenters. The van der Waals surface area contributed by atoms with Crippen LogP contribution in [0.3, 0.4) is 0 Å². The molecule has 0 bridgehead atoms. The predicted molar refractivity (Wildman–Crippen MR) is 163 cm³/mol. The van der Waals surface area contributed by atoms with Gasteiger partial charge in [-0.3, -0.25) is 4.79 Å². The van der Waals surface area contributed by atoms with Crippen LogP contribution in [0.15, 0.2) is 48.7 Å². The molecule has 14 heteroatoms. The van der Waals surface area contributed by atoms with Gasteiger partial charge in [-0.1, -0.05) is 49.5 Å². The van der Waals surface area contributed by atoms with Gasteiger partial charge in [0, 0.05) is 53.9 Å². The molecule has 1 aromatic heterocycles. The standard InChI is InChI=1S/C28H32F3N5O3S2.ClH/c1-17-11-24(33-14-17)27(37)34-15-18-5-6-22-23(19-3-2-4-20(13-19)26(32)40)16-36(25(22)12-18)21-7-9-35(10-8-21)41(38,39)28(29,30)31;/h2-6,12-13,16-17,21,24,33H,7-11,14-15H2,1H3,(H2,32,40)(H,34,37);1H/t17-,24-;/m0./s1. The molecule has 2 aliphatic rings. The first-order valence-corrected chi connectivity index (χ1v) is 15.3. The van der Waals surface area contributed by atoms with E-state index in [9.17, 15) is 26.4 Å². The Morgan fingerprint density at radius 1 is 1.17 bits per heavy atom. The molecule has 0 radical (unpaired) electrons. The molecule has 2 aliphatic heterocycles. The molecule has 2 aromatic carbocycles. The number of hydrogen-bond acceptors (Lipinski definition) is 5. The van der Waals surface area contributed by atoms with Gasteiger partial charge in [0.2, 0.25) is 5.91 Å². The maximum Gasteiger partial charge on any atom is 0.511 e. The minimum absolute atomic E-state index is 0. The Balaban J connectivity index is 0.00000405. The molecule has 228 valence electrons. The highest BCUT2D eigenvalue weighted by Gasteiger charge is 2.50. The van der Waals surface area contributed by atoms with Crippen molar-refractivity contribution in [2.75, 3.05) is 19.6 Å². The van der Waals surface area contributed by atoms with Gasteiger partial charge < -0.3 is 20.9 Å². The van der Waals surface area contributed by atoms with Crippen molar-refractivity contribution in [1.29, 1.82) is 0 Å². The molecule has 4 N–H and O–H groups in total. The third kappa shape index (κ3) is 6.45. The summed E-state index contributed by atoms with van der Waals surface area (Å²) in [6.45, 7) is 2.75. The van der Waals surface area contributed by atoms with Crippen LogP contribution in [0.4, 0.5) is 13.2 Å². The molecular formula is C28H33ClF3N5O3S2. The largest absolute Gasteiger partial charge is 0.511 e. The second-order valence-electron chi connectivity index (χ2n) is 10.8. The summed E-state index contributed by atoms with van der Waals surface area (Å²) in [6, 6.07) is 12.9. The SMILES string of the molecule is C[C@@H]1CN[C@H](C(=O)NCc2ccc3c(-c4cccc(C(N)=S)c4)cn(C4CCN(S(=O)(=O)C(F)(F)F)CC4)c3c2)C1.Cl. The second kappa shape index (κ2) is 12.5. The molecule has 0 spiro atoms. The number of sulfonamides is 1. The summed E-state index contributed by atoms with van der Waals surface area (Å²) < 4.78 is 65.8. The van der Waals surface area contributed by atoms with Gasteiger partial charge in [0.05, 0.1) is 6.04 Å². The summed E-state index contributed by atoms with van der Waals surface area (Å²) in [7, 11) is -5.38. The molecule has 0 unspecified atom stereocenters. The summed E-state index contributed by atoms with van der Waals surface area (Å²) in [4.78, 5) is 12.9. The maximum absolute atomic E-state index is 13.1. The Morgan fingerprint density at radius 3 is 2.50 bits per heavy atom. The number of nitrogens with two attached hydrogens (primary N) is 1. The van der Waals surface area contributed by atoms with Crippen molar-refractivity contribution in [2.45, 2.75) is 50.3 Å². The van der Waals surface area contributed by atoms with E-state index >= 15 is 0 Å². The molecule has 0 saturated carbocycles. The van der Waals surface area contributed by atoms with Crippen LogP contribution < -0.4 is 16.4 Å². The van der Waals surface area contributed by atoms with Gasteiger partial charge >= 0.3 is 15.5 Å². The summed E-state index contributed by atoms with van der Waals surface area (Å²) in [5.41, 5.74) is 4.72. The zero-order valence-electron chi connectivity index (χ0n) is 22.9. The van der Waals surface area contributed by atoms with Crippen LogP contribution in [0, 0.1) is 5.92 Å². The lowest BCUT2D eigenvalue weighted by atomic mass is 10.0. The molecule has 42 heavy (non-hydrogen) atoms. The number of thiocarbonyl (C=S) groups is 1. The van der Waals surface area contributed by atoms with Crippen molar-refractivity contribution in [3.05, 3.63) is 59.8 Å². The van der Waals surface area contributed by atoms with Crippen molar-refractivity contribution in [3.8, 4) is 11.1 Å². The lowest BCUT2D eigenvalue weighted by Gasteiger charge is -2.32. The molecule has 3 aromatic rings. The van der Waals surface area contributed by atoms with E-state index in [1.807, 2.05) is 53.2 Å². The minimum Gasteiger partial charge on any atom is -0.389 e.